The van der Waals surface area contributed by atoms with Crippen molar-refractivity contribution in [3.63, 3.8) is 0 Å². The normalized spacial score (nSPS) is 11.3. The van der Waals surface area contributed by atoms with E-state index in [9.17, 15) is 19.8 Å². The minimum absolute atomic E-state index is 0.0120. The van der Waals surface area contributed by atoms with Crippen LogP contribution in [0.2, 0.25) is 20.1 Å². The van der Waals surface area contributed by atoms with Crippen LogP contribution in [0.25, 0.3) is 45.0 Å². The van der Waals surface area contributed by atoms with Crippen LogP contribution in [0.5, 0.6) is 0 Å². The molecule has 1 unspecified atom stereocenters. The van der Waals surface area contributed by atoms with Crippen LogP contribution < -0.4 is 0 Å². The summed E-state index contributed by atoms with van der Waals surface area (Å²) in [5.41, 5.74) is 5.18. The molecule has 54 heavy (non-hydrogen) atoms. The molecule has 2 N–H and O–H groups in total. The number of methoxy groups -OCH3 is 1. The van der Waals surface area contributed by atoms with Gasteiger partial charge in [-0.25, -0.2) is 29.5 Å². The Morgan fingerprint density at radius 1 is 0.611 bits per heavy atom. The number of hydrogen-bond acceptors (Lipinski definition) is 9. The third-order valence-corrected chi connectivity index (χ3v) is 8.93. The molecule has 4 aromatic carbocycles. The molecule has 6 aromatic rings. The maximum atomic E-state index is 12.3. The standard InChI is InChI=1S/2C20H16Cl2N2O3/c1-11(27-2)16-19(20(25)26)24-18(13-5-9-15(22)10-6-13)17(23-16)12-3-7-14(21)8-4-12;1-2-27-20(26)19-16(11-25)23-17(12-3-7-14(21)8-4-12)18(24-19)13-5-9-15(22)10-6-13/h3-11H,1-2H3,(H,25,26);3-10,25H,2,11H2,1H3. The van der Waals surface area contributed by atoms with E-state index in [0.717, 1.165) is 16.7 Å². The molecule has 10 nitrogen and oxygen atoms in total. The largest absolute Gasteiger partial charge is 0.476 e. The number of aromatic carboxylic acids is 1. The monoisotopic (exact) mass is 804 g/mol. The number of aliphatic hydroxyl groups is 1. The van der Waals surface area contributed by atoms with E-state index in [1.54, 1.807) is 98.8 Å². The summed E-state index contributed by atoms with van der Waals surface area (Å²) in [7, 11) is 1.49. The molecule has 0 fully saturated rings. The lowest BCUT2D eigenvalue weighted by molar-refractivity contribution is 0.0514. The van der Waals surface area contributed by atoms with Crippen molar-refractivity contribution in [2.75, 3.05) is 13.7 Å². The van der Waals surface area contributed by atoms with Gasteiger partial charge in [-0.1, -0.05) is 94.9 Å². The Hall–Kier alpha value is -4.94. The average molecular weight is 807 g/mol. The molecule has 6 rings (SSSR count). The fraction of sp³-hybridized carbons (Fsp3) is 0.150. The van der Waals surface area contributed by atoms with Gasteiger partial charge in [0.2, 0.25) is 0 Å². The molecule has 14 heteroatoms. The molecule has 0 bridgehead atoms. The van der Waals surface area contributed by atoms with Crippen LogP contribution >= 0.6 is 46.4 Å². The maximum absolute atomic E-state index is 12.3. The maximum Gasteiger partial charge on any atom is 0.358 e. The van der Waals surface area contributed by atoms with Crippen molar-refractivity contribution in [3.05, 3.63) is 140 Å². The Balaban J connectivity index is 0.000000208. The highest BCUT2D eigenvalue weighted by Gasteiger charge is 2.25. The summed E-state index contributed by atoms with van der Waals surface area (Å²) in [5, 5.41) is 21.7. The van der Waals surface area contributed by atoms with Crippen LogP contribution in [0.1, 0.15) is 52.3 Å². The zero-order valence-corrected chi connectivity index (χ0v) is 32.1. The summed E-state index contributed by atoms with van der Waals surface area (Å²) < 4.78 is 10.3. The SMILES string of the molecule is CCOC(=O)c1nc(-c2ccc(Cl)cc2)c(-c2ccc(Cl)cc2)nc1CO.COC(C)c1nc(-c2ccc(Cl)cc2)c(-c2ccc(Cl)cc2)nc1C(=O)O. The van der Waals surface area contributed by atoms with E-state index in [0.29, 0.717) is 48.4 Å². The molecular formula is C40H32Cl4N4O6. The molecular weight excluding hydrogens is 774 g/mol. The zero-order chi connectivity index (χ0) is 38.9. The number of rotatable bonds is 10. The number of ether oxygens (including phenoxy) is 2. The summed E-state index contributed by atoms with van der Waals surface area (Å²) >= 11 is 23.9. The molecule has 2 heterocycles. The van der Waals surface area contributed by atoms with E-state index in [4.69, 9.17) is 55.9 Å². The van der Waals surface area contributed by atoms with Crippen molar-refractivity contribution >= 4 is 58.3 Å². The Morgan fingerprint density at radius 2 is 0.963 bits per heavy atom. The quantitative estimate of drug-likeness (QED) is 0.128. The van der Waals surface area contributed by atoms with Crippen LogP contribution in [-0.2, 0) is 16.1 Å². The van der Waals surface area contributed by atoms with Crippen molar-refractivity contribution < 1.29 is 29.3 Å². The van der Waals surface area contributed by atoms with Gasteiger partial charge in [-0.2, -0.15) is 0 Å². The van der Waals surface area contributed by atoms with Gasteiger partial charge in [-0.3, -0.25) is 0 Å². The number of nitrogens with zero attached hydrogens (tertiary/aromatic N) is 4. The van der Waals surface area contributed by atoms with E-state index >= 15 is 0 Å². The summed E-state index contributed by atoms with van der Waals surface area (Å²) in [6.45, 7) is 3.18. The lowest BCUT2D eigenvalue weighted by atomic mass is 10.0. The second kappa shape index (κ2) is 18.4. The molecule has 0 aliphatic heterocycles. The van der Waals surface area contributed by atoms with E-state index in [2.05, 4.69) is 19.9 Å². The van der Waals surface area contributed by atoms with Crippen molar-refractivity contribution in [1.82, 2.24) is 19.9 Å². The molecule has 0 aliphatic rings. The van der Waals surface area contributed by atoms with Gasteiger partial charge in [0.1, 0.15) is 5.69 Å². The highest BCUT2D eigenvalue weighted by Crippen LogP contribution is 2.34. The number of carbonyl (C=O) groups excluding carboxylic acids is 1. The summed E-state index contributed by atoms with van der Waals surface area (Å²) in [4.78, 5) is 42.1. The lowest BCUT2D eigenvalue weighted by Gasteiger charge is -2.16. The smallest absolute Gasteiger partial charge is 0.358 e. The molecule has 0 spiro atoms. The van der Waals surface area contributed by atoms with Crippen molar-refractivity contribution in [3.8, 4) is 45.0 Å². The molecule has 276 valence electrons. The molecule has 0 radical (unpaired) electrons. The summed E-state index contributed by atoms with van der Waals surface area (Å²) in [6, 6.07) is 28.2. The predicted octanol–water partition coefficient (Wildman–Crippen LogP) is 10.3. The van der Waals surface area contributed by atoms with Crippen molar-refractivity contribution in [1.29, 1.82) is 0 Å². The van der Waals surface area contributed by atoms with Crippen molar-refractivity contribution in [2.45, 2.75) is 26.6 Å². The average Bonchev–Trinajstić information content (AvgIpc) is 3.18. The number of hydrogen-bond donors (Lipinski definition) is 2. The number of esters is 1. The Kier molecular flexibility index (Phi) is 13.7. The third-order valence-electron chi connectivity index (χ3n) is 7.92. The van der Waals surface area contributed by atoms with Crippen molar-refractivity contribution in [2.24, 2.45) is 0 Å². The predicted molar refractivity (Wildman–Crippen MR) is 210 cm³/mol. The Morgan fingerprint density at radius 3 is 1.30 bits per heavy atom. The van der Waals surface area contributed by atoms with Crippen LogP contribution in [0.15, 0.2) is 97.1 Å². The first-order valence-corrected chi connectivity index (χ1v) is 17.9. The molecule has 0 saturated carbocycles. The first-order valence-electron chi connectivity index (χ1n) is 16.3. The molecule has 0 aliphatic carbocycles. The second-order valence-electron chi connectivity index (χ2n) is 11.5. The minimum Gasteiger partial charge on any atom is -0.476 e. The Bertz CT molecular complexity index is 2250. The highest BCUT2D eigenvalue weighted by atomic mass is 35.5. The first-order chi connectivity index (χ1) is 25.9. The number of halogens is 4. The molecule has 1 atom stereocenters. The number of benzene rings is 4. The fourth-order valence-electron chi connectivity index (χ4n) is 5.18. The lowest BCUT2D eigenvalue weighted by Crippen LogP contribution is -2.14. The summed E-state index contributed by atoms with van der Waals surface area (Å²) in [5.74, 6) is -1.80. The van der Waals surface area contributed by atoms with Gasteiger partial charge in [0.25, 0.3) is 0 Å². The number of aliphatic hydroxyl groups excluding tert-OH is 1. The molecule has 0 saturated heterocycles. The van der Waals surface area contributed by atoms with Gasteiger partial charge in [0.15, 0.2) is 11.4 Å². The van der Waals surface area contributed by atoms with E-state index in [1.807, 2.05) is 12.1 Å². The van der Waals surface area contributed by atoms with Gasteiger partial charge in [-0.15, -0.1) is 0 Å². The topological polar surface area (TPSA) is 145 Å². The minimum atomic E-state index is -1.17. The van der Waals surface area contributed by atoms with Gasteiger partial charge in [0.05, 0.1) is 47.8 Å². The Labute approximate surface area is 331 Å². The van der Waals surface area contributed by atoms with Crippen LogP contribution in [-0.4, -0.2) is 55.8 Å². The van der Waals surface area contributed by atoms with E-state index in [-0.39, 0.29) is 29.4 Å². The highest BCUT2D eigenvalue weighted by molar-refractivity contribution is 6.31. The van der Waals surface area contributed by atoms with Crippen LogP contribution in [0.3, 0.4) is 0 Å². The fourth-order valence-corrected chi connectivity index (χ4v) is 5.68. The first kappa shape index (κ1) is 40.2. The second-order valence-corrected chi connectivity index (χ2v) is 13.2. The number of carboxylic acid groups (broad SMARTS) is 1. The van der Waals surface area contributed by atoms with Gasteiger partial charge < -0.3 is 19.7 Å². The third kappa shape index (κ3) is 9.58. The summed E-state index contributed by atoms with van der Waals surface area (Å²) in [6.07, 6.45) is -0.533. The molecule has 0 amide bonds. The zero-order valence-electron chi connectivity index (χ0n) is 29.1. The van der Waals surface area contributed by atoms with Gasteiger partial charge in [0, 0.05) is 49.5 Å². The van der Waals surface area contributed by atoms with Gasteiger partial charge in [-0.05, 0) is 62.4 Å². The number of carboxylic acids is 1. The van der Waals surface area contributed by atoms with Gasteiger partial charge >= 0.3 is 11.9 Å². The number of aromatic nitrogens is 4. The van der Waals surface area contributed by atoms with Crippen LogP contribution in [0.4, 0.5) is 0 Å². The van der Waals surface area contributed by atoms with E-state index < -0.39 is 24.6 Å². The van der Waals surface area contributed by atoms with E-state index in [1.165, 1.54) is 7.11 Å². The number of carbonyl (C=O) groups is 2. The molecule has 2 aromatic heterocycles. The van der Waals surface area contributed by atoms with Crippen LogP contribution in [0, 0.1) is 0 Å².